The standard InChI is InChI=1S/C13H18N2O5/c1-8(2)6-9(13(18)19)15-11(16)7-14-12(17)10-4-3-5-20-10/h3-5,8-9H,6-7H2,1-2H3,(H,14,17)(H,15,16)(H,18,19)/t9-/m1/s1. The first-order valence-electron chi connectivity index (χ1n) is 6.24. The highest BCUT2D eigenvalue weighted by Crippen LogP contribution is 2.04. The number of amides is 2. The predicted octanol–water partition coefficient (Wildman–Crippen LogP) is 0.625. The predicted molar refractivity (Wildman–Crippen MR) is 70.1 cm³/mol. The Labute approximate surface area is 116 Å². The van der Waals surface area contributed by atoms with Crippen molar-refractivity contribution in [3.8, 4) is 0 Å². The molecule has 0 aliphatic rings. The van der Waals surface area contributed by atoms with E-state index in [1.54, 1.807) is 6.07 Å². The van der Waals surface area contributed by atoms with Crippen molar-refractivity contribution >= 4 is 17.8 Å². The molecular weight excluding hydrogens is 264 g/mol. The molecule has 1 atom stereocenters. The highest BCUT2D eigenvalue weighted by molar-refractivity contribution is 5.94. The Balaban J connectivity index is 2.42. The van der Waals surface area contributed by atoms with E-state index in [9.17, 15) is 14.4 Å². The number of rotatable bonds is 7. The second-order valence-corrected chi connectivity index (χ2v) is 4.75. The monoisotopic (exact) mass is 282 g/mol. The quantitative estimate of drug-likeness (QED) is 0.679. The van der Waals surface area contributed by atoms with E-state index in [0.29, 0.717) is 6.42 Å². The van der Waals surface area contributed by atoms with Crippen LogP contribution in [0.3, 0.4) is 0 Å². The number of carbonyl (C=O) groups excluding carboxylic acids is 2. The molecule has 0 saturated heterocycles. The number of nitrogens with one attached hydrogen (secondary N) is 2. The van der Waals surface area contributed by atoms with Crippen molar-refractivity contribution in [3.63, 3.8) is 0 Å². The van der Waals surface area contributed by atoms with E-state index in [4.69, 9.17) is 9.52 Å². The fourth-order valence-corrected chi connectivity index (χ4v) is 1.59. The molecular formula is C13H18N2O5. The minimum Gasteiger partial charge on any atom is -0.480 e. The van der Waals surface area contributed by atoms with Gasteiger partial charge in [-0.25, -0.2) is 4.79 Å². The highest BCUT2D eigenvalue weighted by Gasteiger charge is 2.21. The lowest BCUT2D eigenvalue weighted by Crippen LogP contribution is -2.46. The van der Waals surface area contributed by atoms with Crippen LogP contribution in [0.4, 0.5) is 0 Å². The zero-order chi connectivity index (χ0) is 15.1. The number of furan rings is 1. The number of carbonyl (C=O) groups is 3. The molecule has 0 aromatic carbocycles. The summed E-state index contributed by atoms with van der Waals surface area (Å²) in [5, 5.41) is 13.7. The zero-order valence-electron chi connectivity index (χ0n) is 11.4. The van der Waals surface area contributed by atoms with Gasteiger partial charge in [0, 0.05) is 0 Å². The third kappa shape index (κ3) is 5.13. The first-order chi connectivity index (χ1) is 9.40. The van der Waals surface area contributed by atoms with E-state index in [2.05, 4.69) is 10.6 Å². The fraction of sp³-hybridized carbons (Fsp3) is 0.462. The molecule has 0 radical (unpaired) electrons. The van der Waals surface area contributed by atoms with E-state index in [-0.39, 0.29) is 18.2 Å². The molecule has 20 heavy (non-hydrogen) atoms. The van der Waals surface area contributed by atoms with Crippen LogP contribution in [0, 0.1) is 5.92 Å². The van der Waals surface area contributed by atoms with Gasteiger partial charge in [0.15, 0.2) is 5.76 Å². The van der Waals surface area contributed by atoms with Crippen molar-refractivity contribution < 1.29 is 23.9 Å². The number of aliphatic carboxylic acids is 1. The summed E-state index contributed by atoms with van der Waals surface area (Å²) >= 11 is 0. The summed E-state index contributed by atoms with van der Waals surface area (Å²) < 4.78 is 4.86. The molecule has 0 bridgehead atoms. The summed E-state index contributed by atoms with van der Waals surface area (Å²) in [4.78, 5) is 34.1. The van der Waals surface area contributed by atoms with E-state index in [1.165, 1.54) is 12.3 Å². The van der Waals surface area contributed by atoms with Crippen LogP contribution in [0.25, 0.3) is 0 Å². The van der Waals surface area contributed by atoms with Crippen molar-refractivity contribution in [1.82, 2.24) is 10.6 Å². The fourth-order valence-electron chi connectivity index (χ4n) is 1.59. The number of carboxylic acids is 1. The molecule has 0 spiro atoms. The number of hydrogen-bond donors (Lipinski definition) is 3. The second kappa shape index (κ2) is 7.32. The molecule has 0 fully saturated rings. The van der Waals surface area contributed by atoms with Crippen molar-refractivity contribution in [2.24, 2.45) is 5.92 Å². The lowest BCUT2D eigenvalue weighted by atomic mass is 10.0. The first kappa shape index (κ1) is 15.7. The summed E-state index contributed by atoms with van der Waals surface area (Å²) in [6.07, 6.45) is 1.67. The summed E-state index contributed by atoms with van der Waals surface area (Å²) in [7, 11) is 0. The molecule has 7 nitrogen and oxygen atoms in total. The Kier molecular flexibility index (Phi) is 5.76. The van der Waals surface area contributed by atoms with Crippen LogP contribution < -0.4 is 10.6 Å². The largest absolute Gasteiger partial charge is 0.480 e. The molecule has 7 heteroatoms. The van der Waals surface area contributed by atoms with Gasteiger partial charge >= 0.3 is 5.97 Å². The van der Waals surface area contributed by atoms with E-state index >= 15 is 0 Å². The van der Waals surface area contributed by atoms with Crippen molar-refractivity contribution in [3.05, 3.63) is 24.2 Å². The molecule has 0 aliphatic heterocycles. The van der Waals surface area contributed by atoms with Crippen LogP contribution in [0.5, 0.6) is 0 Å². The minimum atomic E-state index is -1.09. The molecule has 1 aromatic rings. The van der Waals surface area contributed by atoms with Gasteiger partial charge in [-0.15, -0.1) is 0 Å². The third-order valence-electron chi connectivity index (χ3n) is 2.49. The van der Waals surface area contributed by atoms with Gasteiger partial charge < -0.3 is 20.2 Å². The van der Waals surface area contributed by atoms with Crippen LogP contribution in [0.15, 0.2) is 22.8 Å². The summed E-state index contributed by atoms with van der Waals surface area (Å²) in [6.45, 7) is 3.42. The third-order valence-corrected chi connectivity index (χ3v) is 2.49. The summed E-state index contributed by atoms with van der Waals surface area (Å²) in [6, 6.07) is 2.06. The van der Waals surface area contributed by atoms with E-state index in [1.807, 2.05) is 13.8 Å². The highest BCUT2D eigenvalue weighted by atomic mass is 16.4. The van der Waals surface area contributed by atoms with Gasteiger partial charge in [-0.05, 0) is 24.5 Å². The van der Waals surface area contributed by atoms with Crippen LogP contribution in [-0.2, 0) is 9.59 Å². The first-order valence-corrected chi connectivity index (χ1v) is 6.24. The molecule has 2 amide bonds. The van der Waals surface area contributed by atoms with Gasteiger partial charge in [0.05, 0.1) is 12.8 Å². The molecule has 0 unspecified atom stereocenters. The Bertz CT molecular complexity index is 467. The minimum absolute atomic E-state index is 0.0924. The lowest BCUT2D eigenvalue weighted by molar-refractivity contribution is -0.142. The van der Waals surface area contributed by atoms with Gasteiger partial charge in [0.2, 0.25) is 5.91 Å². The second-order valence-electron chi connectivity index (χ2n) is 4.75. The Hall–Kier alpha value is -2.31. The lowest BCUT2D eigenvalue weighted by Gasteiger charge is -2.16. The van der Waals surface area contributed by atoms with Gasteiger partial charge in [-0.1, -0.05) is 13.8 Å². The summed E-state index contributed by atoms with van der Waals surface area (Å²) in [5.41, 5.74) is 0. The average molecular weight is 282 g/mol. The van der Waals surface area contributed by atoms with Crippen LogP contribution in [-0.4, -0.2) is 35.5 Å². The maximum absolute atomic E-state index is 11.6. The molecule has 0 aliphatic carbocycles. The Morgan fingerprint density at radius 3 is 2.55 bits per heavy atom. The smallest absolute Gasteiger partial charge is 0.326 e. The van der Waals surface area contributed by atoms with Gasteiger partial charge in [0.25, 0.3) is 5.91 Å². The van der Waals surface area contributed by atoms with Crippen LogP contribution >= 0.6 is 0 Å². The van der Waals surface area contributed by atoms with Crippen molar-refractivity contribution in [1.29, 1.82) is 0 Å². The number of carboxylic acid groups (broad SMARTS) is 1. The zero-order valence-corrected chi connectivity index (χ0v) is 11.4. The summed E-state index contributed by atoms with van der Waals surface area (Å²) in [5.74, 6) is -1.95. The Morgan fingerprint density at radius 1 is 1.35 bits per heavy atom. The molecule has 3 N–H and O–H groups in total. The topological polar surface area (TPSA) is 109 Å². The molecule has 0 saturated carbocycles. The van der Waals surface area contributed by atoms with Gasteiger partial charge in [-0.2, -0.15) is 0 Å². The van der Waals surface area contributed by atoms with Crippen LogP contribution in [0.1, 0.15) is 30.8 Å². The number of hydrogen-bond acceptors (Lipinski definition) is 4. The SMILES string of the molecule is CC(C)C[C@@H](NC(=O)CNC(=O)c1ccco1)C(=O)O. The Morgan fingerprint density at radius 2 is 2.05 bits per heavy atom. The van der Waals surface area contributed by atoms with Gasteiger partial charge in [-0.3, -0.25) is 9.59 Å². The van der Waals surface area contributed by atoms with Crippen LogP contribution in [0.2, 0.25) is 0 Å². The van der Waals surface area contributed by atoms with Crippen molar-refractivity contribution in [2.75, 3.05) is 6.54 Å². The molecule has 1 rings (SSSR count). The normalized spacial score (nSPS) is 11.9. The molecule has 1 heterocycles. The van der Waals surface area contributed by atoms with E-state index < -0.39 is 23.8 Å². The maximum Gasteiger partial charge on any atom is 0.326 e. The maximum atomic E-state index is 11.6. The van der Waals surface area contributed by atoms with Gasteiger partial charge in [0.1, 0.15) is 6.04 Å². The molecule has 1 aromatic heterocycles. The average Bonchev–Trinajstić information content (AvgIpc) is 2.88. The molecule has 110 valence electrons. The van der Waals surface area contributed by atoms with Crippen molar-refractivity contribution in [2.45, 2.75) is 26.3 Å². The van der Waals surface area contributed by atoms with E-state index in [0.717, 1.165) is 0 Å².